The molecule has 1 atom stereocenters. The predicted octanol–water partition coefficient (Wildman–Crippen LogP) is 2.34. The zero-order chi connectivity index (χ0) is 14.6. The Balaban J connectivity index is 2.06. The van der Waals surface area contributed by atoms with Gasteiger partial charge in [0.1, 0.15) is 0 Å². The van der Waals surface area contributed by atoms with Crippen LogP contribution in [0.4, 0.5) is 0 Å². The molecule has 0 aliphatic rings. The summed E-state index contributed by atoms with van der Waals surface area (Å²) < 4.78 is 5.03. The van der Waals surface area contributed by atoms with Gasteiger partial charge in [0.25, 0.3) is 0 Å². The van der Waals surface area contributed by atoms with Crippen LogP contribution in [0.5, 0.6) is 0 Å². The number of hydrogen-bond acceptors (Lipinski definition) is 2. The van der Waals surface area contributed by atoms with Crippen molar-refractivity contribution < 1.29 is 4.74 Å². The summed E-state index contributed by atoms with van der Waals surface area (Å²) in [5.74, 6) is 0.512. The van der Waals surface area contributed by atoms with E-state index in [1.54, 1.807) is 7.11 Å². The van der Waals surface area contributed by atoms with Gasteiger partial charge in [0, 0.05) is 19.7 Å². The lowest BCUT2D eigenvalue weighted by molar-refractivity contribution is 0.179. The molecule has 20 heavy (non-hydrogen) atoms. The van der Waals surface area contributed by atoms with Crippen molar-refractivity contribution in [3.63, 3.8) is 0 Å². The summed E-state index contributed by atoms with van der Waals surface area (Å²) in [5.41, 5.74) is 7.20. The quantitative estimate of drug-likeness (QED) is 0.414. The second-order valence-corrected chi connectivity index (χ2v) is 5.06. The van der Waals surface area contributed by atoms with Crippen molar-refractivity contribution in [3.8, 4) is 0 Å². The van der Waals surface area contributed by atoms with E-state index >= 15 is 0 Å². The van der Waals surface area contributed by atoms with Crippen molar-refractivity contribution in [1.82, 2.24) is 5.32 Å². The van der Waals surface area contributed by atoms with Crippen LogP contribution >= 0.6 is 0 Å². The Morgan fingerprint density at radius 1 is 1.25 bits per heavy atom. The van der Waals surface area contributed by atoms with Crippen molar-refractivity contribution in [2.75, 3.05) is 20.3 Å². The highest BCUT2D eigenvalue weighted by molar-refractivity contribution is 5.78. The van der Waals surface area contributed by atoms with Crippen molar-refractivity contribution in [2.24, 2.45) is 10.7 Å². The number of hydrogen-bond donors (Lipinski definition) is 2. The number of aryl methyl sites for hydroxylation is 1. The molecular formula is C16H27N3O. The van der Waals surface area contributed by atoms with Crippen LogP contribution in [-0.4, -0.2) is 32.3 Å². The molecule has 0 spiro atoms. The zero-order valence-electron chi connectivity index (χ0n) is 12.6. The lowest BCUT2D eigenvalue weighted by Crippen LogP contribution is -2.40. The minimum atomic E-state index is 0.196. The van der Waals surface area contributed by atoms with Gasteiger partial charge in [0.15, 0.2) is 5.96 Å². The molecule has 0 saturated carbocycles. The number of ether oxygens (including phenoxy) is 1. The van der Waals surface area contributed by atoms with Gasteiger partial charge in [0.2, 0.25) is 0 Å². The fourth-order valence-corrected chi connectivity index (χ4v) is 2.05. The molecule has 0 radical (unpaired) electrons. The number of rotatable bonds is 9. The average molecular weight is 277 g/mol. The highest BCUT2D eigenvalue weighted by atomic mass is 16.5. The van der Waals surface area contributed by atoms with Gasteiger partial charge in [-0.25, -0.2) is 0 Å². The van der Waals surface area contributed by atoms with Crippen LogP contribution in [0, 0.1) is 0 Å². The van der Waals surface area contributed by atoms with E-state index in [-0.39, 0.29) is 6.04 Å². The Labute approximate surface area is 122 Å². The van der Waals surface area contributed by atoms with Crippen LogP contribution in [0.25, 0.3) is 0 Å². The minimum absolute atomic E-state index is 0.196. The second kappa shape index (κ2) is 10.3. The third-order valence-electron chi connectivity index (χ3n) is 3.06. The van der Waals surface area contributed by atoms with Gasteiger partial charge in [-0.3, -0.25) is 4.99 Å². The smallest absolute Gasteiger partial charge is 0.188 e. The molecule has 1 rings (SSSR count). The third kappa shape index (κ3) is 7.79. The van der Waals surface area contributed by atoms with Crippen LogP contribution in [0.3, 0.4) is 0 Å². The number of nitrogens with one attached hydrogen (secondary N) is 1. The first-order valence-electron chi connectivity index (χ1n) is 7.31. The Bertz CT molecular complexity index is 379. The molecule has 0 amide bonds. The predicted molar refractivity (Wildman–Crippen MR) is 85.0 cm³/mol. The summed E-state index contributed by atoms with van der Waals surface area (Å²) in [6, 6.07) is 10.8. The molecule has 1 aromatic carbocycles. The number of nitrogens with zero attached hydrogens (tertiary/aromatic N) is 1. The zero-order valence-corrected chi connectivity index (χ0v) is 12.6. The molecule has 0 heterocycles. The Morgan fingerprint density at radius 3 is 2.70 bits per heavy atom. The molecule has 0 aromatic heterocycles. The highest BCUT2D eigenvalue weighted by Gasteiger charge is 2.00. The Hall–Kier alpha value is -1.55. The average Bonchev–Trinajstić information content (AvgIpc) is 2.44. The molecule has 0 bridgehead atoms. The molecule has 112 valence electrons. The van der Waals surface area contributed by atoms with Crippen molar-refractivity contribution in [2.45, 2.75) is 38.6 Å². The van der Waals surface area contributed by atoms with Gasteiger partial charge in [-0.2, -0.15) is 0 Å². The summed E-state index contributed by atoms with van der Waals surface area (Å²) in [5, 5.41) is 3.10. The van der Waals surface area contributed by atoms with E-state index in [9.17, 15) is 0 Å². The van der Waals surface area contributed by atoms with Gasteiger partial charge in [-0.15, -0.1) is 0 Å². The molecule has 4 nitrogen and oxygen atoms in total. The van der Waals surface area contributed by atoms with Crippen molar-refractivity contribution >= 4 is 5.96 Å². The summed E-state index contributed by atoms with van der Waals surface area (Å²) in [6.07, 6.45) is 4.60. The van der Waals surface area contributed by atoms with Crippen LogP contribution in [0.1, 0.15) is 31.7 Å². The summed E-state index contributed by atoms with van der Waals surface area (Å²) >= 11 is 0. The number of unbranched alkanes of at least 4 members (excludes halogenated alkanes) is 2. The summed E-state index contributed by atoms with van der Waals surface area (Å²) in [7, 11) is 1.68. The monoisotopic (exact) mass is 277 g/mol. The van der Waals surface area contributed by atoms with E-state index in [1.165, 1.54) is 18.4 Å². The van der Waals surface area contributed by atoms with Gasteiger partial charge >= 0.3 is 0 Å². The number of benzene rings is 1. The second-order valence-electron chi connectivity index (χ2n) is 5.06. The van der Waals surface area contributed by atoms with Crippen molar-refractivity contribution in [1.29, 1.82) is 0 Å². The molecule has 4 heteroatoms. The van der Waals surface area contributed by atoms with Crippen LogP contribution in [0.15, 0.2) is 35.3 Å². The lowest BCUT2D eigenvalue weighted by atomic mass is 10.1. The number of methoxy groups -OCH3 is 1. The maximum atomic E-state index is 5.79. The van der Waals surface area contributed by atoms with Crippen LogP contribution in [0.2, 0.25) is 0 Å². The molecule has 0 saturated heterocycles. The first kappa shape index (κ1) is 16.5. The van der Waals surface area contributed by atoms with E-state index in [1.807, 2.05) is 6.92 Å². The SMILES string of the molecule is COCC(C)NC(N)=NCCCCCc1ccccc1. The van der Waals surface area contributed by atoms with E-state index < -0.39 is 0 Å². The van der Waals surface area contributed by atoms with Gasteiger partial charge in [-0.1, -0.05) is 36.8 Å². The van der Waals surface area contributed by atoms with Gasteiger partial charge in [0.05, 0.1) is 6.61 Å². The van der Waals surface area contributed by atoms with Crippen LogP contribution in [-0.2, 0) is 11.2 Å². The summed E-state index contributed by atoms with van der Waals surface area (Å²) in [4.78, 5) is 4.32. The fourth-order valence-electron chi connectivity index (χ4n) is 2.05. The molecule has 1 aromatic rings. The molecule has 0 fully saturated rings. The van der Waals surface area contributed by atoms with Crippen LogP contribution < -0.4 is 11.1 Å². The maximum Gasteiger partial charge on any atom is 0.188 e. The highest BCUT2D eigenvalue weighted by Crippen LogP contribution is 2.06. The van der Waals surface area contributed by atoms with E-state index in [4.69, 9.17) is 10.5 Å². The summed E-state index contributed by atoms with van der Waals surface area (Å²) in [6.45, 7) is 3.44. The first-order valence-corrected chi connectivity index (χ1v) is 7.31. The maximum absolute atomic E-state index is 5.79. The Morgan fingerprint density at radius 2 is 2.00 bits per heavy atom. The fraction of sp³-hybridized carbons (Fsp3) is 0.562. The first-order chi connectivity index (χ1) is 9.72. The van der Waals surface area contributed by atoms with E-state index in [0.29, 0.717) is 12.6 Å². The van der Waals surface area contributed by atoms with Gasteiger partial charge in [-0.05, 0) is 31.7 Å². The number of nitrogens with two attached hydrogens (primary N) is 1. The molecule has 0 aliphatic carbocycles. The topological polar surface area (TPSA) is 59.6 Å². The van der Waals surface area contributed by atoms with Gasteiger partial charge < -0.3 is 15.8 Å². The number of guanidine groups is 1. The van der Waals surface area contributed by atoms with Crippen molar-refractivity contribution in [3.05, 3.63) is 35.9 Å². The molecule has 0 aliphatic heterocycles. The molecular weight excluding hydrogens is 250 g/mol. The Kier molecular flexibility index (Phi) is 8.47. The minimum Gasteiger partial charge on any atom is -0.383 e. The number of aliphatic imine (C=N–C) groups is 1. The largest absolute Gasteiger partial charge is 0.383 e. The molecule has 3 N–H and O–H groups in total. The van der Waals surface area contributed by atoms with E-state index in [0.717, 1.165) is 19.4 Å². The van der Waals surface area contributed by atoms with E-state index in [2.05, 4.69) is 40.6 Å². The standard InChI is InChI=1S/C16H27N3O/c1-14(13-20-2)19-16(17)18-12-8-4-7-11-15-9-5-3-6-10-15/h3,5-6,9-10,14H,4,7-8,11-13H2,1-2H3,(H3,17,18,19). The third-order valence-corrected chi connectivity index (χ3v) is 3.06. The lowest BCUT2D eigenvalue weighted by Gasteiger charge is -2.12. The normalized spacial score (nSPS) is 13.2. The molecule has 1 unspecified atom stereocenters.